The summed E-state index contributed by atoms with van der Waals surface area (Å²) in [5.41, 5.74) is -0.691. The third-order valence-electron chi connectivity index (χ3n) is 3.03. The van der Waals surface area contributed by atoms with E-state index in [-0.39, 0.29) is 11.5 Å². The number of aromatic nitrogens is 2. The molecule has 0 spiro atoms. The molecule has 0 aliphatic carbocycles. The Morgan fingerprint density at radius 2 is 2.08 bits per heavy atom. The molecule has 2 heterocycles. The molecule has 0 unspecified atom stereocenters. The number of rotatable bonds is 5. The first-order chi connectivity index (χ1) is 11.4. The second kappa shape index (κ2) is 7.52. The highest BCUT2D eigenvalue weighted by Gasteiger charge is 2.32. The zero-order chi connectivity index (χ0) is 17.7. The fourth-order valence-electron chi connectivity index (χ4n) is 1.94. The average molecular weight is 356 g/mol. The van der Waals surface area contributed by atoms with Crippen LogP contribution in [0.3, 0.4) is 0 Å². The number of halogens is 3. The van der Waals surface area contributed by atoms with Gasteiger partial charge in [-0.1, -0.05) is 6.92 Å². The van der Waals surface area contributed by atoms with Gasteiger partial charge in [0.2, 0.25) is 0 Å². The van der Waals surface area contributed by atoms with Crippen LogP contribution in [0.4, 0.5) is 24.7 Å². The first-order valence-corrected chi connectivity index (χ1v) is 7.98. The van der Waals surface area contributed by atoms with Gasteiger partial charge in [0.25, 0.3) is 5.91 Å². The minimum atomic E-state index is -4.55. The van der Waals surface area contributed by atoms with Gasteiger partial charge in [-0.15, -0.1) is 11.8 Å². The van der Waals surface area contributed by atoms with Crippen molar-refractivity contribution in [3.05, 3.63) is 41.9 Å². The number of nitrogens with zero attached hydrogens (tertiary/aromatic N) is 2. The Labute approximate surface area is 141 Å². The minimum absolute atomic E-state index is 0.0476. The summed E-state index contributed by atoms with van der Waals surface area (Å²) in [7, 11) is 1.51. The van der Waals surface area contributed by atoms with Gasteiger partial charge in [-0.05, 0) is 17.9 Å². The van der Waals surface area contributed by atoms with Gasteiger partial charge in [0.1, 0.15) is 5.82 Å². The highest BCUT2D eigenvalue weighted by molar-refractivity contribution is 7.99. The van der Waals surface area contributed by atoms with E-state index < -0.39 is 17.6 Å². The van der Waals surface area contributed by atoms with Crippen LogP contribution in [-0.2, 0) is 6.18 Å². The summed E-state index contributed by atoms with van der Waals surface area (Å²) in [6.07, 6.45) is -0.896. The fourth-order valence-corrected chi connectivity index (χ4v) is 2.71. The Morgan fingerprint density at radius 3 is 2.71 bits per heavy atom. The van der Waals surface area contributed by atoms with Crippen LogP contribution >= 0.6 is 11.8 Å². The zero-order valence-electron chi connectivity index (χ0n) is 12.9. The topological polar surface area (TPSA) is 66.9 Å². The summed E-state index contributed by atoms with van der Waals surface area (Å²) in [5, 5.41) is 5.13. The Hall–Kier alpha value is -2.29. The third-order valence-corrected chi connectivity index (χ3v) is 3.98. The van der Waals surface area contributed by atoms with Crippen LogP contribution in [0.25, 0.3) is 0 Å². The highest BCUT2D eigenvalue weighted by atomic mass is 32.2. The van der Waals surface area contributed by atoms with Crippen molar-refractivity contribution in [3.63, 3.8) is 0 Å². The van der Waals surface area contributed by atoms with Crippen molar-refractivity contribution in [1.29, 1.82) is 0 Å². The van der Waals surface area contributed by atoms with Crippen molar-refractivity contribution < 1.29 is 18.0 Å². The van der Waals surface area contributed by atoms with Crippen molar-refractivity contribution in [2.24, 2.45) is 0 Å². The molecule has 128 valence electrons. The molecular weight excluding hydrogens is 341 g/mol. The number of hydrogen-bond acceptors (Lipinski definition) is 5. The second-order valence-corrected chi connectivity index (χ2v) is 5.93. The molecule has 0 aromatic carbocycles. The number of carbonyl (C=O) groups is 1. The van der Waals surface area contributed by atoms with Crippen molar-refractivity contribution >= 4 is 29.2 Å². The van der Waals surface area contributed by atoms with Crippen molar-refractivity contribution in [2.45, 2.75) is 18.0 Å². The molecule has 0 aliphatic heterocycles. The van der Waals surface area contributed by atoms with Gasteiger partial charge >= 0.3 is 6.18 Å². The molecule has 2 N–H and O–H groups in total. The molecule has 5 nitrogen and oxygen atoms in total. The number of anilines is 2. The molecule has 2 aromatic heterocycles. The monoisotopic (exact) mass is 356 g/mol. The summed E-state index contributed by atoms with van der Waals surface area (Å²) < 4.78 is 38.5. The molecule has 0 aliphatic rings. The number of alkyl halides is 3. The maximum absolute atomic E-state index is 12.8. The third kappa shape index (κ3) is 4.16. The van der Waals surface area contributed by atoms with Gasteiger partial charge < -0.3 is 10.6 Å². The maximum atomic E-state index is 12.8. The van der Waals surface area contributed by atoms with E-state index in [0.29, 0.717) is 16.7 Å². The van der Waals surface area contributed by atoms with Crippen LogP contribution in [0, 0.1) is 0 Å². The van der Waals surface area contributed by atoms with E-state index in [2.05, 4.69) is 20.6 Å². The maximum Gasteiger partial charge on any atom is 0.417 e. The van der Waals surface area contributed by atoms with Crippen LogP contribution in [0.15, 0.2) is 35.6 Å². The highest BCUT2D eigenvalue weighted by Crippen LogP contribution is 2.33. The van der Waals surface area contributed by atoms with Crippen molar-refractivity contribution in [3.8, 4) is 0 Å². The molecule has 9 heteroatoms. The fraction of sp³-hybridized carbons (Fsp3) is 0.267. The van der Waals surface area contributed by atoms with Gasteiger partial charge in [0.15, 0.2) is 0 Å². The molecule has 0 radical (unpaired) electrons. The predicted octanol–water partition coefficient (Wildman–Crippen LogP) is 3.90. The molecule has 0 bridgehead atoms. The van der Waals surface area contributed by atoms with Crippen molar-refractivity contribution in [1.82, 2.24) is 9.97 Å². The molecule has 2 aromatic rings. The number of hydrogen-bond donors (Lipinski definition) is 2. The number of carbonyl (C=O) groups excluding carboxylic acids is 1. The zero-order valence-corrected chi connectivity index (χ0v) is 13.8. The van der Waals surface area contributed by atoms with Crippen LogP contribution in [0.5, 0.6) is 0 Å². The molecule has 24 heavy (non-hydrogen) atoms. The van der Waals surface area contributed by atoms with E-state index >= 15 is 0 Å². The lowest BCUT2D eigenvalue weighted by molar-refractivity contribution is -0.137. The van der Waals surface area contributed by atoms with Crippen LogP contribution in [0.2, 0.25) is 0 Å². The van der Waals surface area contributed by atoms with E-state index in [1.807, 2.05) is 6.92 Å². The summed E-state index contributed by atoms with van der Waals surface area (Å²) in [4.78, 5) is 20.7. The lowest BCUT2D eigenvalue weighted by Gasteiger charge is -2.14. The summed E-state index contributed by atoms with van der Waals surface area (Å²) in [6, 6.07) is 2.53. The van der Waals surface area contributed by atoms with Gasteiger partial charge in [-0.25, -0.2) is 4.98 Å². The van der Waals surface area contributed by atoms with E-state index in [0.717, 1.165) is 11.8 Å². The largest absolute Gasteiger partial charge is 0.417 e. The first-order valence-electron chi connectivity index (χ1n) is 7.00. The predicted molar refractivity (Wildman–Crippen MR) is 87.4 cm³/mol. The van der Waals surface area contributed by atoms with Gasteiger partial charge in [-0.3, -0.25) is 9.78 Å². The van der Waals surface area contributed by atoms with E-state index in [1.54, 1.807) is 12.3 Å². The average Bonchev–Trinajstić information content (AvgIpc) is 2.54. The normalized spacial score (nSPS) is 11.2. The summed E-state index contributed by atoms with van der Waals surface area (Å²) in [5.74, 6) is 0.346. The summed E-state index contributed by atoms with van der Waals surface area (Å²) >= 11 is 1.45. The van der Waals surface area contributed by atoms with Crippen molar-refractivity contribution in [2.75, 3.05) is 23.4 Å². The standard InChI is InChI=1S/C15H15F3N4OS/c1-3-24-12-4-5-20-8-10(12)14(23)22-11-6-9(15(16,17)18)7-21-13(11)19-2/h4-8H,3H2,1-2H3,(H,19,21)(H,22,23). The number of thioether (sulfide) groups is 1. The quantitative estimate of drug-likeness (QED) is 0.796. The number of pyridine rings is 2. The van der Waals surface area contributed by atoms with E-state index in [4.69, 9.17) is 0 Å². The van der Waals surface area contributed by atoms with E-state index in [9.17, 15) is 18.0 Å². The molecule has 0 atom stereocenters. The summed E-state index contributed by atoms with van der Waals surface area (Å²) in [6.45, 7) is 1.93. The Morgan fingerprint density at radius 1 is 1.33 bits per heavy atom. The molecule has 2 rings (SSSR count). The Kier molecular flexibility index (Phi) is 5.66. The minimum Gasteiger partial charge on any atom is -0.371 e. The van der Waals surface area contributed by atoms with Crippen LogP contribution in [-0.4, -0.2) is 28.7 Å². The van der Waals surface area contributed by atoms with Gasteiger partial charge in [0, 0.05) is 30.5 Å². The first kappa shape index (κ1) is 18.1. The Bertz CT molecular complexity index is 737. The molecule has 0 fully saturated rings. The lowest BCUT2D eigenvalue weighted by atomic mass is 10.2. The smallest absolute Gasteiger partial charge is 0.371 e. The van der Waals surface area contributed by atoms with Crippen LogP contribution in [0.1, 0.15) is 22.8 Å². The van der Waals surface area contributed by atoms with Gasteiger partial charge in [-0.2, -0.15) is 13.2 Å². The molecule has 0 saturated heterocycles. The number of nitrogens with one attached hydrogen (secondary N) is 2. The van der Waals surface area contributed by atoms with Crippen LogP contribution < -0.4 is 10.6 Å². The SMILES string of the molecule is CCSc1ccncc1C(=O)Nc1cc(C(F)(F)F)cnc1NC. The molecular formula is C15H15F3N4OS. The van der Waals surface area contributed by atoms with Gasteiger partial charge in [0.05, 0.1) is 16.8 Å². The van der Waals surface area contributed by atoms with E-state index in [1.165, 1.54) is 25.0 Å². The lowest BCUT2D eigenvalue weighted by Crippen LogP contribution is -2.16. The Balaban J connectivity index is 2.35. The molecule has 0 saturated carbocycles. The molecule has 1 amide bonds. The number of amides is 1. The second-order valence-electron chi connectivity index (χ2n) is 4.63.